The molecule has 1 aromatic carbocycles. The highest BCUT2D eigenvalue weighted by molar-refractivity contribution is 5.80. The maximum Gasteiger partial charge on any atom is 0.336 e. The lowest BCUT2D eigenvalue weighted by atomic mass is 10.0. The number of para-hydroxylation sites is 1. The van der Waals surface area contributed by atoms with Gasteiger partial charge in [-0.1, -0.05) is 24.3 Å². The summed E-state index contributed by atoms with van der Waals surface area (Å²) in [5.74, 6) is 0. The summed E-state index contributed by atoms with van der Waals surface area (Å²) in [6.07, 6.45) is 6.00. The van der Waals surface area contributed by atoms with E-state index in [4.69, 9.17) is 4.42 Å². The Hall–Kier alpha value is -2.17. The minimum atomic E-state index is -0.381. The molecule has 1 unspecified atom stereocenters. The molecule has 1 aromatic heterocycles. The van der Waals surface area contributed by atoms with Gasteiger partial charge in [0, 0.05) is 17.9 Å². The molecule has 0 aliphatic carbocycles. The van der Waals surface area contributed by atoms with Gasteiger partial charge >= 0.3 is 5.63 Å². The Morgan fingerprint density at radius 2 is 2.16 bits per heavy atom. The first-order chi connectivity index (χ1) is 9.24. The highest BCUT2D eigenvalue weighted by atomic mass is 16.5. The third-order valence-corrected chi connectivity index (χ3v) is 3.21. The van der Waals surface area contributed by atoms with Gasteiger partial charge in [-0.05, 0) is 23.8 Å². The maximum absolute atomic E-state index is 11.8. The molecular formula is C15H13NO3. The SMILES string of the molecule is O=c1cc(CC2=CC=CC[NH+]2[O-])c2ccccc2o1. The monoisotopic (exact) mass is 255 g/mol. The summed E-state index contributed by atoms with van der Waals surface area (Å²) in [6.45, 7) is 0.436. The Kier molecular flexibility index (Phi) is 3.03. The zero-order valence-electron chi connectivity index (χ0n) is 10.3. The Labute approximate surface area is 109 Å². The fraction of sp³-hybridized carbons (Fsp3) is 0.133. The third-order valence-electron chi connectivity index (χ3n) is 3.21. The molecular weight excluding hydrogens is 242 g/mol. The molecule has 1 N–H and O–H groups in total. The van der Waals surface area contributed by atoms with E-state index in [9.17, 15) is 10.0 Å². The second-order valence-electron chi connectivity index (χ2n) is 4.51. The summed E-state index contributed by atoms with van der Waals surface area (Å²) in [5, 5.41) is 12.8. The van der Waals surface area contributed by atoms with Gasteiger partial charge in [0.15, 0.2) is 0 Å². The molecule has 4 nitrogen and oxygen atoms in total. The Bertz CT molecular complexity index is 727. The molecule has 96 valence electrons. The number of allylic oxidation sites excluding steroid dienone is 3. The van der Waals surface area contributed by atoms with E-state index in [-0.39, 0.29) is 10.7 Å². The van der Waals surface area contributed by atoms with Crippen LogP contribution in [0.4, 0.5) is 0 Å². The molecule has 0 saturated carbocycles. The van der Waals surface area contributed by atoms with Crippen molar-refractivity contribution in [3.63, 3.8) is 0 Å². The van der Waals surface area contributed by atoms with Gasteiger partial charge in [-0.25, -0.2) is 4.79 Å². The number of benzene rings is 1. The summed E-state index contributed by atoms with van der Waals surface area (Å²) in [5.41, 5.74) is 1.75. The van der Waals surface area contributed by atoms with E-state index >= 15 is 0 Å². The minimum absolute atomic E-state index is 0.111. The highest BCUT2D eigenvalue weighted by Crippen LogP contribution is 2.18. The molecule has 2 aromatic rings. The normalized spacial score (nSPS) is 18.6. The lowest BCUT2D eigenvalue weighted by Gasteiger charge is -2.25. The summed E-state index contributed by atoms with van der Waals surface area (Å²) in [7, 11) is 0. The summed E-state index contributed by atoms with van der Waals surface area (Å²) < 4.78 is 5.14. The molecule has 3 rings (SSSR count). The maximum atomic E-state index is 11.8. The fourth-order valence-corrected chi connectivity index (χ4v) is 2.27. The first-order valence-corrected chi connectivity index (χ1v) is 6.15. The summed E-state index contributed by atoms with van der Waals surface area (Å²) in [4.78, 5) is 11.5. The van der Waals surface area contributed by atoms with Crippen LogP contribution in [-0.4, -0.2) is 6.54 Å². The van der Waals surface area contributed by atoms with Gasteiger partial charge < -0.3 is 14.7 Å². The van der Waals surface area contributed by atoms with Gasteiger partial charge in [-0.15, -0.1) is 0 Å². The van der Waals surface area contributed by atoms with Crippen LogP contribution in [0.25, 0.3) is 11.0 Å². The molecule has 0 fully saturated rings. The van der Waals surface area contributed by atoms with Crippen molar-refractivity contribution in [1.82, 2.24) is 0 Å². The Morgan fingerprint density at radius 3 is 3.00 bits per heavy atom. The van der Waals surface area contributed by atoms with Crippen LogP contribution in [0.3, 0.4) is 0 Å². The average Bonchev–Trinajstić information content (AvgIpc) is 2.41. The number of hydroxylamine groups is 2. The second-order valence-corrected chi connectivity index (χ2v) is 4.51. The van der Waals surface area contributed by atoms with Gasteiger partial charge in [0.2, 0.25) is 0 Å². The van der Waals surface area contributed by atoms with Crippen molar-refractivity contribution in [2.24, 2.45) is 0 Å². The van der Waals surface area contributed by atoms with E-state index in [2.05, 4.69) is 0 Å². The van der Waals surface area contributed by atoms with E-state index in [0.29, 0.717) is 18.5 Å². The number of nitrogens with one attached hydrogen (secondary N) is 1. The van der Waals surface area contributed by atoms with E-state index in [0.717, 1.165) is 16.6 Å². The van der Waals surface area contributed by atoms with Crippen molar-refractivity contribution >= 4 is 11.0 Å². The van der Waals surface area contributed by atoms with Gasteiger partial charge in [-0.3, -0.25) is 0 Å². The van der Waals surface area contributed by atoms with Crippen LogP contribution in [0.2, 0.25) is 0 Å². The van der Waals surface area contributed by atoms with Crippen molar-refractivity contribution in [3.05, 3.63) is 75.4 Å². The quantitative estimate of drug-likeness (QED) is 0.647. The standard InChI is InChI=1S/C15H13NO3/c17-15-10-11(9-12-5-3-4-8-16(12)18)13-6-1-2-7-14(13)19-15/h1-7,10,16H,8-9H2. The van der Waals surface area contributed by atoms with Crippen LogP contribution in [0.5, 0.6) is 0 Å². The van der Waals surface area contributed by atoms with Crippen LogP contribution >= 0.6 is 0 Å². The molecule has 2 heterocycles. The smallest absolute Gasteiger partial charge is 0.336 e. The van der Waals surface area contributed by atoms with Crippen LogP contribution in [0, 0.1) is 5.21 Å². The average molecular weight is 255 g/mol. The zero-order chi connectivity index (χ0) is 13.2. The molecule has 0 radical (unpaired) electrons. The number of fused-ring (bicyclic) bond motifs is 1. The Balaban J connectivity index is 2.07. The number of rotatable bonds is 2. The van der Waals surface area contributed by atoms with Crippen LogP contribution in [0.1, 0.15) is 5.56 Å². The molecule has 1 atom stereocenters. The van der Waals surface area contributed by atoms with Crippen molar-refractivity contribution in [2.45, 2.75) is 6.42 Å². The molecule has 0 saturated heterocycles. The van der Waals surface area contributed by atoms with Crippen LogP contribution in [0.15, 0.2) is 63.5 Å². The third kappa shape index (κ3) is 2.36. The lowest BCUT2D eigenvalue weighted by Crippen LogP contribution is -3.05. The van der Waals surface area contributed by atoms with Crippen molar-refractivity contribution in [2.75, 3.05) is 6.54 Å². The summed E-state index contributed by atoms with van der Waals surface area (Å²) in [6, 6.07) is 8.84. The molecule has 0 spiro atoms. The first-order valence-electron chi connectivity index (χ1n) is 6.15. The fourth-order valence-electron chi connectivity index (χ4n) is 2.27. The zero-order valence-corrected chi connectivity index (χ0v) is 10.3. The number of quaternary nitrogens is 1. The molecule has 1 aliphatic heterocycles. The molecule has 0 bridgehead atoms. The predicted octanol–water partition coefficient (Wildman–Crippen LogP) is 1.17. The van der Waals surface area contributed by atoms with Crippen LogP contribution in [-0.2, 0) is 6.42 Å². The van der Waals surface area contributed by atoms with E-state index in [1.54, 1.807) is 6.07 Å². The van der Waals surface area contributed by atoms with Crippen LogP contribution < -0.4 is 10.7 Å². The van der Waals surface area contributed by atoms with Crippen molar-refractivity contribution in [3.8, 4) is 0 Å². The molecule has 19 heavy (non-hydrogen) atoms. The molecule has 0 amide bonds. The van der Waals surface area contributed by atoms with Crippen molar-refractivity contribution in [1.29, 1.82) is 0 Å². The highest BCUT2D eigenvalue weighted by Gasteiger charge is 2.13. The van der Waals surface area contributed by atoms with Gasteiger partial charge in [-0.2, -0.15) is 0 Å². The Morgan fingerprint density at radius 1 is 1.32 bits per heavy atom. The second kappa shape index (κ2) is 4.84. The number of hydrogen-bond donors (Lipinski definition) is 1. The van der Waals surface area contributed by atoms with E-state index < -0.39 is 0 Å². The molecule has 1 aliphatic rings. The van der Waals surface area contributed by atoms with Gasteiger partial charge in [0.1, 0.15) is 17.8 Å². The molecule has 4 heteroatoms. The van der Waals surface area contributed by atoms with Gasteiger partial charge in [0.25, 0.3) is 0 Å². The predicted molar refractivity (Wildman–Crippen MR) is 72.6 cm³/mol. The lowest BCUT2D eigenvalue weighted by molar-refractivity contribution is -0.801. The number of hydrogen-bond acceptors (Lipinski definition) is 3. The summed E-state index contributed by atoms with van der Waals surface area (Å²) >= 11 is 0. The minimum Gasteiger partial charge on any atom is -0.629 e. The first kappa shape index (κ1) is 11.9. The van der Waals surface area contributed by atoms with Gasteiger partial charge in [0.05, 0.1) is 0 Å². The largest absolute Gasteiger partial charge is 0.629 e. The topological polar surface area (TPSA) is 57.7 Å². The van der Waals surface area contributed by atoms with E-state index in [1.807, 2.05) is 36.4 Å². The van der Waals surface area contributed by atoms with E-state index in [1.165, 1.54) is 6.07 Å². The van der Waals surface area contributed by atoms with Crippen molar-refractivity contribution < 1.29 is 9.48 Å².